The van der Waals surface area contributed by atoms with Gasteiger partial charge in [-0.15, -0.1) is 0 Å². The van der Waals surface area contributed by atoms with Gasteiger partial charge < -0.3 is 5.32 Å². The first-order chi connectivity index (χ1) is 7.10. The fourth-order valence-corrected chi connectivity index (χ4v) is 2.83. The minimum atomic E-state index is -2.96. The Morgan fingerprint density at radius 3 is 2.06 bits per heavy atom. The molecular formula is C12H27NO2S. The third-order valence-electron chi connectivity index (χ3n) is 3.06. The lowest BCUT2D eigenvalue weighted by Crippen LogP contribution is -2.31. The van der Waals surface area contributed by atoms with E-state index in [1.54, 1.807) is 20.8 Å². The van der Waals surface area contributed by atoms with Crippen molar-refractivity contribution in [3.63, 3.8) is 0 Å². The van der Waals surface area contributed by atoms with E-state index >= 15 is 0 Å². The second kappa shape index (κ2) is 6.01. The van der Waals surface area contributed by atoms with E-state index in [9.17, 15) is 8.42 Å². The van der Waals surface area contributed by atoms with E-state index in [1.165, 1.54) is 0 Å². The molecule has 0 heterocycles. The predicted octanol–water partition coefficient (Wildman–Crippen LogP) is 2.22. The minimum absolute atomic E-state index is 0.300. The van der Waals surface area contributed by atoms with Gasteiger partial charge in [0.25, 0.3) is 0 Å². The molecular weight excluding hydrogens is 222 g/mol. The molecule has 3 nitrogen and oxygen atoms in total. The number of hydrogen-bond donors (Lipinski definition) is 1. The van der Waals surface area contributed by atoms with Crippen molar-refractivity contribution in [3.05, 3.63) is 0 Å². The molecule has 0 aliphatic heterocycles. The molecule has 16 heavy (non-hydrogen) atoms. The Kier molecular flexibility index (Phi) is 5.98. The lowest BCUT2D eigenvalue weighted by Gasteiger charge is -2.21. The standard InChI is InChI=1S/C12H27NO2S/c1-10(9-11(2)13-6)7-8-16(14,15)12(3,4)5/h10-11,13H,7-9H2,1-6H3. The van der Waals surface area contributed by atoms with Gasteiger partial charge in [-0.2, -0.15) is 0 Å². The van der Waals surface area contributed by atoms with Crippen LogP contribution in [0.5, 0.6) is 0 Å². The summed E-state index contributed by atoms with van der Waals surface area (Å²) in [5.74, 6) is 0.744. The van der Waals surface area contributed by atoms with Gasteiger partial charge in [-0.05, 0) is 53.5 Å². The molecule has 4 heteroatoms. The van der Waals surface area contributed by atoms with Crippen LogP contribution in [0.2, 0.25) is 0 Å². The summed E-state index contributed by atoms with van der Waals surface area (Å²) in [6.45, 7) is 9.54. The van der Waals surface area contributed by atoms with Crippen molar-refractivity contribution in [2.75, 3.05) is 12.8 Å². The Bertz CT molecular complexity index is 291. The number of hydrogen-bond acceptors (Lipinski definition) is 3. The molecule has 0 aromatic rings. The maximum atomic E-state index is 11.9. The first kappa shape index (κ1) is 15.9. The van der Waals surface area contributed by atoms with Crippen LogP contribution in [0.1, 0.15) is 47.5 Å². The summed E-state index contributed by atoms with van der Waals surface area (Å²) in [7, 11) is -1.02. The fraction of sp³-hybridized carbons (Fsp3) is 1.00. The van der Waals surface area contributed by atoms with Gasteiger partial charge in [0.1, 0.15) is 0 Å². The molecule has 1 N–H and O–H groups in total. The normalized spacial score (nSPS) is 17.1. The minimum Gasteiger partial charge on any atom is -0.317 e. The zero-order chi connectivity index (χ0) is 13.0. The van der Waals surface area contributed by atoms with E-state index in [0.29, 0.717) is 17.7 Å². The number of nitrogens with one attached hydrogen (secondary N) is 1. The van der Waals surface area contributed by atoms with E-state index in [1.807, 2.05) is 7.05 Å². The van der Waals surface area contributed by atoms with E-state index in [0.717, 1.165) is 12.8 Å². The third kappa shape index (κ3) is 5.30. The summed E-state index contributed by atoms with van der Waals surface area (Å²) < 4.78 is 23.2. The van der Waals surface area contributed by atoms with Crippen LogP contribution in [0.4, 0.5) is 0 Å². The zero-order valence-electron chi connectivity index (χ0n) is 11.5. The molecule has 0 bridgehead atoms. The van der Waals surface area contributed by atoms with Gasteiger partial charge in [-0.3, -0.25) is 0 Å². The molecule has 0 saturated heterocycles. The molecule has 0 rings (SSSR count). The smallest absolute Gasteiger partial charge is 0.155 e. The van der Waals surface area contributed by atoms with Crippen LogP contribution in [0.3, 0.4) is 0 Å². The summed E-state index contributed by atoms with van der Waals surface area (Å²) in [5, 5.41) is 3.17. The third-order valence-corrected chi connectivity index (χ3v) is 5.70. The Morgan fingerprint density at radius 1 is 1.19 bits per heavy atom. The van der Waals surface area contributed by atoms with Crippen molar-refractivity contribution in [2.24, 2.45) is 5.92 Å². The maximum Gasteiger partial charge on any atom is 0.155 e. The summed E-state index contributed by atoms with van der Waals surface area (Å²) >= 11 is 0. The van der Waals surface area contributed by atoms with E-state index < -0.39 is 14.6 Å². The van der Waals surface area contributed by atoms with Crippen LogP contribution in [0.15, 0.2) is 0 Å². The van der Waals surface area contributed by atoms with Crippen molar-refractivity contribution < 1.29 is 8.42 Å². The van der Waals surface area contributed by atoms with E-state index in [4.69, 9.17) is 0 Å². The number of rotatable bonds is 6. The highest BCUT2D eigenvalue weighted by Crippen LogP contribution is 2.20. The summed E-state index contributed by atoms with van der Waals surface area (Å²) in [6.07, 6.45) is 1.78. The molecule has 0 spiro atoms. The van der Waals surface area contributed by atoms with Gasteiger partial charge in [-0.25, -0.2) is 8.42 Å². The average molecular weight is 249 g/mol. The van der Waals surface area contributed by atoms with Crippen LogP contribution in [0, 0.1) is 5.92 Å². The Morgan fingerprint density at radius 2 is 1.69 bits per heavy atom. The first-order valence-electron chi connectivity index (χ1n) is 5.99. The second-order valence-corrected chi connectivity index (χ2v) is 8.61. The fourth-order valence-electron chi connectivity index (χ4n) is 1.50. The van der Waals surface area contributed by atoms with Gasteiger partial charge in [0.15, 0.2) is 9.84 Å². The summed E-state index contributed by atoms with van der Waals surface area (Å²) in [4.78, 5) is 0. The second-order valence-electron chi connectivity index (χ2n) is 5.75. The predicted molar refractivity (Wildman–Crippen MR) is 70.5 cm³/mol. The summed E-state index contributed by atoms with van der Waals surface area (Å²) in [6, 6.07) is 0.451. The highest BCUT2D eigenvalue weighted by Gasteiger charge is 2.28. The van der Waals surface area contributed by atoms with Crippen molar-refractivity contribution in [1.29, 1.82) is 0 Å². The van der Waals surface area contributed by atoms with Crippen LogP contribution in [-0.2, 0) is 9.84 Å². The van der Waals surface area contributed by atoms with Crippen molar-refractivity contribution in [1.82, 2.24) is 5.32 Å². The monoisotopic (exact) mass is 249 g/mol. The van der Waals surface area contributed by atoms with Gasteiger partial charge in [0.05, 0.1) is 10.5 Å². The molecule has 0 aliphatic rings. The molecule has 2 unspecified atom stereocenters. The van der Waals surface area contributed by atoms with E-state index in [2.05, 4.69) is 19.2 Å². The van der Waals surface area contributed by atoms with Gasteiger partial charge >= 0.3 is 0 Å². The van der Waals surface area contributed by atoms with Gasteiger partial charge in [0.2, 0.25) is 0 Å². The Balaban J connectivity index is 4.16. The SMILES string of the molecule is CNC(C)CC(C)CCS(=O)(=O)C(C)(C)C. The molecule has 0 fully saturated rings. The first-order valence-corrected chi connectivity index (χ1v) is 7.65. The van der Waals surface area contributed by atoms with Crippen LogP contribution in [0.25, 0.3) is 0 Å². The van der Waals surface area contributed by atoms with Gasteiger partial charge in [-0.1, -0.05) is 6.92 Å². The lowest BCUT2D eigenvalue weighted by atomic mass is 10.0. The van der Waals surface area contributed by atoms with Crippen molar-refractivity contribution in [2.45, 2.75) is 58.2 Å². The van der Waals surface area contributed by atoms with Crippen LogP contribution < -0.4 is 5.32 Å². The highest BCUT2D eigenvalue weighted by atomic mass is 32.2. The summed E-state index contributed by atoms with van der Waals surface area (Å²) in [5.41, 5.74) is 0. The maximum absolute atomic E-state index is 11.9. The average Bonchev–Trinajstić information content (AvgIpc) is 2.13. The molecule has 0 radical (unpaired) electrons. The van der Waals surface area contributed by atoms with E-state index in [-0.39, 0.29) is 0 Å². The largest absolute Gasteiger partial charge is 0.317 e. The van der Waals surface area contributed by atoms with Crippen molar-refractivity contribution in [3.8, 4) is 0 Å². The Labute approximate surface area is 101 Å². The molecule has 98 valence electrons. The number of sulfone groups is 1. The molecule has 0 aliphatic carbocycles. The molecule has 0 aromatic carbocycles. The van der Waals surface area contributed by atoms with Crippen molar-refractivity contribution >= 4 is 9.84 Å². The van der Waals surface area contributed by atoms with Crippen LogP contribution in [-0.4, -0.2) is 32.0 Å². The van der Waals surface area contributed by atoms with Crippen LogP contribution >= 0.6 is 0 Å². The Hall–Kier alpha value is -0.0900. The highest BCUT2D eigenvalue weighted by molar-refractivity contribution is 7.92. The topological polar surface area (TPSA) is 46.2 Å². The molecule has 2 atom stereocenters. The molecule has 0 amide bonds. The van der Waals surface area contributed by atoms with Gasteiger partial charge in [0, 0.05) is 6.04 Å². The quantitative estimate of drug-likeness (QED) is 0.785. The molecule has 0 aromatic heterocycles. The lowest BCUT2D eigenvalue weighted by molar-refractivity contribution is 0.430. The zero-order valence-corrected chi connectivity index (χ0v) is 12.3. The molecule has 0 saturated carbocycles.